The number of carbonyl (C=O) groups excluding carboxylic acids is 2. The summed E-state index contributed by atoms with van der Waals surface area (Å²) >= 11 is 0. The van der Waals surface area contributed by atoms with Gasteiger partial charge in [0.05, 0.1) is 6.61 Å². The van der Waals surface area contributed by atoms with Gasteiger partial charge in [0.1, 0.15) is 0 Å². The molecule has 1 rings (SSSR count). The molecule has 0 heterocycles. The third kappa shape index (κ3) is 8.43. The van der Waals surface area contributed by atoms with E-state index in [1.165, 1.54) is 6.08 Å². The topological polar surface area (TPSA) is 43.4 Å². The van der Waals surface area contributed by atoms with E-state index in [4.69, 9.17) is 4.74 Å². The lowest BCUT2D eigenvalue weighted by molar-refractivity contribution is -0.137. The number of ketones is 1. The smallest absolute Gasteiger partial charge is 0.330 e. The van der Waals surface area contributed by atoms with Crippen LogP contribution in [0.25, 0.3) is 0 Å². The molecule has 0 bridgehead atoms. The molecule has 3 nitrogen and oxygen atoms in total. The molecule has 0 aromatic heterocycles. The first-order chi connectivity index (χ1) is 10.2. The molecule has 0 fully saturated rings. The van der Waals surface area contributed by atoms with Gasteiger partial charge in [-0.05, 0) is 44.2 Å². The second-order valence-corrected chi connectivity index (χ2v) is 4.44. The third-order valence-electron chi connectivity index (χ3n) is 2.69. The molecule has 3 heteroatoms. The quantitative estimate of drug-likeness (QED) is 0.334. The van der Waals surface area contributed by atoms with Gasteiger partial charge in [-0.25, -0.2) is 4.79 Å². The molecule has 0 spiro atoms. The van der Waals surface area contributed by atoms with Crippen molar-refractivity contribution in [3.8, 4) is 11.8 Å². The van der Waals surface area contributed by atoms with Crippen molar-refractivity contribution in [1.82, 2.24) is 0 Å². The van der Waals surface area contributed by atoms with E-state index in [1.54, 1.807) is 13.0 Å². The van der Waals surface area contributed by atoms with E-state index in [9.17, 15) is 9.59 Å². The van der Waals surface area contributed by atoms with Crippen molar-refractivity contribution in [3.63, 3.8) is 0 Å². The molecule has 0 aliphatic carbocycles. The van der Waals surface area contributed by atoms with Crippen LogP contribution >= 0.6 is 0 Å². The van der Waals surface area contributed by atoms with Crippen molar-refractivity contribution in [2.45, 2.75) is 32.6 Å². The Hall–Kier alpha value is -2.34. The van der Waals surface area contributed by atoms with Crippen LogP contribution in [0.3, 0.4) is 0 Å². The van der Waals surface area contributed by atoms with Gasteiger partial charge in [-0.3, -0.25) is 4.79 Å². The summed E-state index contributed by atoms with van der Waals surface area (Å²) in [6, 6.07) is 9.45. The second kappa shape index (κ2) is 10.4. The molecular weight excluding hydrogens is 264 g/mol. The molecule has 110 valence electrons. The zero-order valence-electron chi connectivity index (χ0n) is 12.3. The van der Waals surface area contributed by atoms with Crippen LogP contribution in [0.1, 0.15) is 38.2 Å². The number of rotatable bonds is 7. The fraction of sp³-hybridized carbons (Fsp3) is 0.333. The summed E-state index contributed by atoms with van der Waals surface area (Å²) in [7, 11) is 0. The van der Waals surface area contributed by atoms with Gasteiger partial charge in [0.2, 0.25) is 5.78 Å². The molecule has 0 N–H and O–H groups in total. The monoisotopic (exact) mass is 284 g/mol. The summed E-state index contributed by atoms with van der Waals surface area (Å²) < 4.78 is 4.76. The predicted molar refractivity (Wildman–Crippen MR) is 82.6 cm³/mol. The zero-order chi connectivity index (χ0) is 15.3. The number of Topliss-reactive ketones (excluding diaryl/α,β-unsaturated/α-hetero) is 1. The third-order valence-corrected chi connectivity index (χ3v) is 2.69. The molecule has 0 saturated carbocycles. The standard InChI is InChI=1S/C18H20O3/c1-2-21-18(20)13-9-4-3-8-12-17(19)15-14-16-10-6-5-7-11-16/h5-7,9-11,13H,2-4,8,12H2,1H3/b13-9+. The molecule has 1 aromatic carbocycles. The van der Waals surface area contributed by atoms with E-state index in [2.05, 4.69) is 11.8 Å². The highest BCUT2D eigenvalue weighted by Gasteiger charge is 1.97. The number of ether oxygens (including phenoxy) is 1. The fourth-order valence-electron chi connectivity index (χ4n) is 1.64. The van der Waals surface area contributed by atoms with Crippen molar-refractivity contribution in [3.05, 3.63) is 48.0 Å². The Kier molecular flexibility index (Phi) is 8.32. The van der Waals surface area contributed by atoms with Gasteiger partial charge in [-0.1, -0.05) is 30.2 Å². The van der Waals surface area contributed by atoms with E-state index in [0.717, 1.165) is 24.8 Å². The lowest BCUT2D eigenvalue weighted by Gasteiger charge is -1.95. The lowest BCUT2D eigenvalue weighted by atomic mass is 10.1. The Morgan fingerprint density at radius 3 is 2.67 bits per heavy atom. The molecule has 0 unspecified atom stereocenters. The van der Waals surface area contributed by atoms with Gasteiger partial charge in [-0.15, -0.1) is 0 Å². The summed E-state index contributed by atoms with van der Waals surface area (Å²) in [6.45, 7) is 2.16. The summed E-state index contributed by atoms with van der Waals surface area (Å²) in [5.41, 5.74) is 0.850. The minimum Gasteiger partial charge on any atom is -0.463 e. The molecular formula is C18H20O3. The number of benzene rings is 1. The average Bonchev–Trinajstić information content (AvgIpc) is 2.50. The van der Waals surface area contributed by atoms with Crippen LogP contribution in [0.2, 0.25) is 0 Å². The highest BCUT2D eigenvalue weighted by atomic mass is 16.5. The normalized spacial score (nSPS) is 9.95. The van der Waals surface area contributed by atoms with Gasteiger partial charge in [0.15, 0.2) is 0 Å². The first-order valence-corrected chi connectivity index (χ1v) is 7.15. The Morgan fingerprint density at radius 1 is 1.19 bits per heavy atom. The highest BCUT2D eigenvalue weighted by molar-refractivity contribution is 5.95. The Morgan fingerprint density at radius 2 is 1.95 bits per heavy atom. The lowest BCUT2D eigenvalue weighted by Crippen LogP contribution is -1.98. The van der Waals surface area contributed by atoms with E-state index < -0.39 is 0 Å². The van der Waals surface area contributed by atoms with Gasteiger partial charge >= 0.3 is 5.97 Å². The number of carbonyl (C=O) groups is 2. The molecule has 0 atom stereocenters. The van der Waals surface area contributed by atoms with Crippen LogP contribution in [0.5, 0.6) is 0 Å². The average molecular weight is 284 g/mol. The van der Waals surface area contributed by atoms with Gasteiger partial charge < -0.3 is 4.74 Å². The summed E-state index contributed by atoms with van der Waals surface area (Å²) in [4.78, 5) is 22.6. The van der Waals surface area contributed by atoms with Crippen LogP contribution in [-0.2, 0) is 14.3 Å². The number of unbranched alkanes of at least 4 members (excludes halogenated alkanes) is 2. The van der Waals surface area contributed by atoms with Gasteiger partial charge in [0.25, 0.3) is 0 Å². The van der Waals surface area contributed by atoms with Crippen LogP contribution in [-0.4, -0.2) is 18.4 Å². The minimum atomic E-state index is -0.317. The van der Waals surface area contributed by atoms with E-state index in [1.807, 2.05) is 30.3 Å². The SMILES string of the molecule is CCOC(=O)/C=C/CCCCC(=O)C#Cc1ccccc1. The molecule has 0 amide bonds. The van der Waals surface area contributed by atoms with E-state index in [0.29, 0.717) is 13.0 Å². The summed E-state index contributed by atoms with van der Waals surface area (Å²) in [5.74, 6) is 5.13. The number of hydrogen-bond donors (Lipinski definition) is 0. The molecule has 0 saturated heterocycles. The maximum Gasteiger partial charge on any atom is 0.330 e. The van der Waals surface area contributed by atoms with Crippen LogP contribution in [0.15, 0.2) is 42.5 Å². The zero-order valence-corrected chi connectivity index (χ0v) is 12.3. The van der Waals surface area contributed by atoms with Crippen LogP contribution < -0.4 is 0 Å². The first-order valence-electron chi connectivity index (χ1n) is 7.15. The Labute approximate surface area is 126 Å². The van der Waals surface area contributed by atoms with Crippen molar-refractivity contribution < 1.29 is 14.3 Å². The highest BCUT2D eigenvalue weighted by Crippen LogP contribution is 2.02. The number of allylic oxidation sites excluding steroid dienone is 1. The summed E-state index contributed by atoms with van der Waals surface area (Å²) in [5, 5.41) is 0. The van der Waals surface area contributed by atoms with E-state index >= 15 is 0 Å². The molecule has 0 aliphatic heterocycles. The minimum absolute atomic E-state index is 0.0479. The van der Waals surface area contributed by atoms with Crippen LogP contribution in [0, 0.1) is 11.8 Å². The molecule has 21 heavy (non-hydrogen) atoms. The Bertz CT molecular complexity index is 533. The predicted octanol–water partition coefficient (Wildman–Crippen LogP) is 3.29. The van der Waals surface area contributed by atoms with E-state index in [-0.39, 0.29) is 11.8 Å². The fourth-order valence-corrected chi connectivity index (χ4v) is 1.64. The Balaban J connectivity index is 2.17. The number of esters is 1. The van der Waals surface area contributed by atoms with Crippen molar-refractivity contribution >= 4 is 11.8 Å². The van der Waals surface area contributed by atoms with Gasteiger partial charge in [0, 0.05) is 18.1 Å². The maximum absolute atomic E-state index is 11.6. The molecule has 0 aliphatic rings. The van der Waals surface area contributed by atoms with Crippen LogP contribution in [0.4, 0.5) is 0 Å². The van der Waals surface area contributed by atoms with Gasteiger partial charge in [-0.2, -0.15) is 0 Å². The maximum atomic E-state index is 11.6. The van der Waals surface area contributed by atoms with Crippen molar-refractivity contribution in [2.24, 2.45) is 0 Å². The molecule has 1 aromatic rings. The van der Waals surface area contributed by atoms with Crippen molar-refractivity contribution in [1.29, 1.82) is 0 Å². The molecule has 0 radical (unpaired) electrons. The summed E-state index contributed by atoms with van der Waals surface area (Å²) in [6.07, 6.45) is 6.05. The second-order valence-electron chi connectivity index (χ2n) is 4.44. The first kappa shape index (κ1) is 16.7. The van der Waals surface area contributed by atoms with Crippen molar-refractivity contribution in [2.75, 3.05) is 6.61 Å². The number of hydrogen-bond acceptors (Lipinski definition) is 3. The largest absolute Gasteiger partial charge is 0.463 e.